The van der Waals surface area contributed by atoms with Gasteiger partial charge < -0.3 is 21.5 Å². The van der Waals surface area contributed by atoms with Crippen molar-refractivity contribution in [2.45, 2.75) is 32.9 Å². The van der Waals surface area contributed by atoms with Gasteiger partial charge in [0.25, 0.3) is 5.91 Å². The minimum absolute atomic E-state index is 0.0261. The molecule has 0 fully saturated rings. The minimum atomic E-state index is -0.699. The lowest BCUT2D eigenvalue weighted by molar-refractivity contribution is 0.0995. The van der Waals surface area contributed by atoms with Crippen LogP contribution in [0.4, 0.5) is 10.5 Å². The molecule has 2 aromatic rings. The summed E-state index contributed by atoms with van der Waals surface area (Å²) in [5.74, 6) is -0.501. The molecule has 8 nitrogen and oxygen atoms in total. The maximum atomic E-state index is 12.1. The Morgan fingerprint density at radius 2 is 2.00 bits per heavy atom. The van der Waals surface area contributed by atoms with E-state index in [1.165, 1.54) is 4.68 Å². The predicted molar refractivity (Wildman–Crippen MR) is 89.8 cm³/mol. The van der Waals surface area contributed by atoms with Crippen molar-refractivity contribution in [1.82, 2.24) is 15.1 Å². The topological polar surface area (TPSA) is 122 Å². The first-order chi connectivity index (χ1) is 11.4. The monoisotopic (exact) mass is 331 g/mol. The molecular formula is C16H21N5O3. The first kappa shape index (κ1) is 17.3. The molecule has 1 unspecified atom stereocenters. The Balaban J connectivity index is 1.96. The van der Waals surface area contributed by atoms with E-state index in [-0.39, 0.29) is 23.2 Å². The van der Waals surface area contributed by atoms with Gasteiger partial charge in [0.05, 0.1) is 5.69 Å². The largest absolute Gasteiger partial charge is 0.508 e. The maximum absolute atomic E-state index is 12.1. The lowest BCUT2D eigenvalue weighted by Gasteiger charge is -2.14. The zero-order valence-corrected chi connectivity index (χ0v) is 13.6. The van der Waals surface area contributed by atoms with E-state index >= 15 is 0 Å². The number of nitrogens with one attached hydrogen (secondary N) is 2. The van der Waals surface area contributed by atoms with E-state index < -0.39 is 11.9 Å². The first-order valence-electron chi connectivity index (χ1n) is 7.61. The fourth-order valence-electron chi connectivity index (χ4n) is 2.28. The number of aromatic nitrogens is 2. The number of nitrogens with two attached hydrogens (primary N) is 1. The van der Waals surface area contributed by atoms with E-state index in [2.05, 4.69) is 15.7 Å². The molecule has 0 aliphatic carbocycles. The summed E-state index contributed by atoms with van der Waals surface area (Å²) in [7, 11) is 0. The van der Waals surface area contributed by atoms with Crippen molar-refractivity contribution in [3.8, 4) is 5.75 Å². The smallest absolute Gasteiger partial charge is 0.319 e. The maximum Gasteiger partial charge on any atom is 0.319 e. The second-order valence-electron chi connectivity index (χ2n) is 5.48. The van der Waals surface area contributed by atoms with Crippen molar-refractivity contribution in [3.63, 3.8) is 0 Å². The minimum Gasteiger partial charge on any atom is -0.508 e. The first-order valence-corrected chi connectivity index (χ1v) is 7.61. The summed E-state index contributed by atoms with van der Waals surface area (Å²) in [5.41, 5.74) is 6.55. The molecule has 8 heteroatoms. The second kappa shape index (κ2) is 7.49. The third kappa shape index (κ3) is 4.48. The highest BCUT2D eigenvalue weighted by Gasteiger charge is 2.17. The van der Waals surface area contributed by atoms with Gasteiger partial charge in [-0.15, -0.1) is 0 Å². The zero-order valence-electron chi connectivity index (χ0n) is 13.6. The molecule has 5 N–H and O–H groups in total. The van der Waals surface area contributed by atoms with Gasteiger partial charge in [0, 0.05) is 18.8 Å². The number of urea groups is 1. The van der Waals surface area contributed by atoms with E-state index in [4.69, 9.17) is 5.73 Å². The molecule has 1 atom stereocenters. The molecule has 0 aliphatic heterocycles. The number of aryl methyl sites for hydroxylation is 1. The van der Waals surface area contributed by atoms with Crippen LogP contribution in [0.3, 0.4) is 0 Å². The fourth-order valence-corrected chi connectivity index (χ4v) is 2.28. The predicted octanol–water partition coefficient (Wildman–Crippen LogP) is 1.46. The van der Waals surface area contributed by atoms with Crippen LogP contribution in [0.5, 0.6) is 5.75 Å². The van der Waals surface area contributed by atoms with Gasteiger partial charge >= 0.3 is 6.03 Å². The lowest BCUT2D eigenvalue weighted by Crippen LogP contribution is -2.37. The number of benzene rings is 1. The zero-order chi connectivity index (χ0) is 17.7. The number of carbonyl (C=O) groups is 2. The normalized spacial score (nSPS) is 11.8. The average molecular weight is 331 g/mol. The van der Waals surface area contributed by atoms with Crippen molar-refractivity contribution >= 4 is 17.6 Å². The summed E-state index contributed by atoms with van der Waals surface area (Å²) in [5, 5.41) is 18.7. The summed E-state index contributed by atoms with van der Waals surface area (Å²) in [6.45, 7) is 4.28. The molecule has 3 amide bonds. The van der Waals surface area contributed by atoms with Crippen LogP contribution < -0.4 is 16.4 Å². The number of hydrogen-bond acceptors (Lipinski definition) is 4. The van der Waals surface area contributed by atoms with Crippen LogP contribution in [-0.2, 0) is 13.0 Å². The number of rotatable bonds is 6. The van der Waals surface area contributed by atoms with Crippen molar-refractivity contribution in [2.75, 3.05) is 5.32 Å². The second-order valence-corrected chi connectivity index (χ2v) is 5.48. The van der Waals surface area contributed by atoms with Crippen molar-refractivity contribution < 1.29 is 14.7 Å². The van der Waals surface area contributed by atoms with Crippen LogP contribution in [0, 0.1) is 0 Å². The number of hydrogen-bond donors (Lipinski definition) is 4. The molecule has 1 heterocycles. The SMILES string of the molecule is CCn1cc(NC(=O)NC(C)Cc2ccc(O)cc2)c(C(N)=O)n1. The molecule has 0 saturated carbocycles. The highest BCUT2D eigenvalue weighted by molar-refractivity contribution is 6.01. The highest BCUT2D eigenvalue weighted by atomic mass is 16.3. The molecule has 1 aromatic heterocycles. The molecule has 24 heavy (non-hydrogen) atoms. The molecule has 0 bridgehead atoms. The molecule has 0 radical (unpaired) electrons. The van der Waals surface area contributed by atoms with E-state index in [1.54, 1.807) is 30.5 Å². The summed E-state index contributed by atoms with van der Waals surface area (Å²) in [6, 6.07) is 6.19. The molecular weight excluding hydrogens is 310 g/mol. The Kier molecular flexibility index (Phi) is 5.41. The van der Waals surface area contributed by atoms with E-state index in [0.717, 1.165) is 5.56 Å². The number of aromatic hydroxyl groups is 1. The van der Waals surface area contributed by atoms with E-state index in [0.29, 0.717) is 13.0 Å². The standard InChI is InChI=1S/C16H21N5O3/c1-3-21-9-13(14(20-21)15(17)23)19-16(24)18-10(2)8-11-4-6-12(22)7-5-11/h4-7,9-10,22H,3,8H2,1-2H3,(H2,17,23)(H2,18,19,24). The Morgan fingerprint density at radius 1 is 1.33 bits per heavy atom. The number of carbonyl (C=O) groups excluding carboxylic acids is 2. The Labute approximate surface area is 139 Å². The van der Waals surface area contributed by atoms with Gasteiger partial charge in [0.2, 0.25) is 0 Å². The average Bonchev–Trinajstić information content (AvgIpc) is 2.92. The van der Waals surface area contributed by atoms with Gasteiger partial charge in [-0.1, -0.05) is 12.1 Å². The number of amides is 3. The van der Waals surface area contributed by atoms with Gasteiger partial charge in [-0.25, -0.2) is 4.79 Å². The number of phenolic OH excluding ortho intramolecular Hbond substituents is 1. The van der Waals surface area contributed by atoms with Gasteiger partial charge in [0.1, 0.15) is 5.75 Å². The van der Waals surface area contributed by atoms with Gasteiger partial charge in [-0.05, 0) is 38.0 Å². The summed E-state index contributed by atoms with van der Waals surface area (Å²) >= 11 is 0. The van der Waals surface area contributed by atoms with Gasteiger partial charge in [0.15, 0.2) is 5.69 Å². The third-order valence-corrected chi connectivity index (χ3v) is 3.42. The van der Waals surface area contributed by atoms with Crippen LogP contribution in [-0.4, -0.2) is 32.9 Å². The van der Waals surface area contributed by atoms with Gasteiger partial charge in [-0.2, -0.15) is 5.10 Å². The number of primary amides is 1. The molecule has 0 aliphatic rings. The molecule has 0 saturated heterocycles. The van der Waals surface area contributed by atoms with E-state index in [1.807, 2.05) is 13.8 Å². The summed E-state index contributed by atoms with van der Waals surface area (Å²) in [4.78, 5) is 23.5. The lowest BCUT2D eigenvalue weighted by atomic mass is 10.1. The summed E-state index contributed by atoms with van der Waals surface area (Å²) < 4.78 is 1.52. The van der Waals surface area contributed by atoms with Crippen molar-refractivity contribution in [2.24, 2.45) is 5.73 Å². The van der Waals surface area contributed by atoms with Crippen molar-refractivity contribution in [3.05, 3.63) is 41.7 Å². The molecule has 1 aromatic carbocycles. The van der Waals surface area contributed by atoms with E-state index in [9.17, 15) is 14.7 Å². The van der Waals surface area contributed by atoms with Crippen LogP contribution in [0.2, 0.25) is 0 Å². The fraction of sp³-hybridized carbons (Fsp3) is 0.312. The number of phenols is 1. The van der Waals surface area contributed by atoms with Crippen molar-refractivity contribution in [1.29, 1.82) is 0 Å². The van der Waals surface area contributed by atoms with Crippen LogP contribution >= 0.6 is 0 Å². The van der Waals surface area contributed by atoms with Crippen LogP contribution in [0.1, 0.15) is 29.9 Å². The number of nitrogens with zero attached hydrogens (tertiary/aromatic N) is 2. The Bertz CT molecular complexity index is 724. The molecule has 2 rings (SSSR count). The summed E-state index contributed by atoms with van der Waals surface area (Å²) in [6.07, 6.45) is 2.16. The van der Waals surface area contributed by atoms with Crippen LogP contribution in [0.25, 0.3) is 0 Å². The quantitative estimate of drug-likeness (QED) is 0.640. The van der Waals surface area contributed by atoms with Gasteiger partial charge in [-0.3, -0.25) is 9.48 Å². The number of anilines is 1. The Hall–Kier alpha value is -3.03. The van der Waals surface area contributed by atoms with Crippen LogP contribution in [0.15, 0.2) is 30.5 Å². The molecule has 128 valence electrons. The third-order valence-electron chi connectivity index (χ3n) is 3.42. The Morgan fingerprint density at radius 3 is 2.58 bits per heavy atom. The highest BCUT2D eigenvalue weighted by Crippen LogP contribution is 2.14. The molecule has 0 spiro atoms.